The first-order valence-corrected chi connectivity index (χ1v) is 7.06. The first kappa shape index (κ1) is 15.1. The summed E-state index contributed by atoms with van der Waals surface area (Å²) in [7, 11) is 0. The fourth-order valence-electron chi connectivity index (χ4n) is 2.34. The summed E-state index contributed by atoms with van der Waals surface area (Å²) >= 11 is 0. The number of hydrogen-bond acceptors (Lipinski definition) is 4. The van der Waals surface area contributed by atoms with Crippen LogP contribution in [0.2, 0.25) is 0 Å². The first-order chi connectivity index (χ1) is 11.2. The van der Waals surface area contributed by atoms with Gasteiger partial charge < -0.3 is 10.4 Å². The summed E-state index contributed by atoms with van der Waals surface area (Å²) in [4.78, 5) is 20.8. The molecular weight excluding hydrogens is 297 g/mol. The van der Waals surface area contributed by atoms with E-state index < -0.39 is 6.04 Å². The molecule has 0 spiro atoms. The van der Waals surface area contributed by atoms with Gasteiger partial charge >= 0.3 is 0 Å². The molecule has 1 unspecified atom stereocenters. The molecule has 0 aliphatic rings. The Morgan fingerprint density at radius 1 is 1.13 bits per heavy atom. The van der Waals surface area contributed by atoms with Crippen LogP contribution in [-0.4, -0.2) is 27.6 Å². The Hall–Kier alpha value is -2.86. The zero-order valence-electron chi connectivity index (χ0n) is 12.1. The summed E-state index contributed by atoms with van der Waals surface area (Å²) in [5.41, 5.74) is 2.09. The highest BCUT2D eigenvalue weighted by molar-refractivity contribution is 6.04. The van der Waals surface area contributed by atoms with E-state index in [4.69, 9.17) is 0 Å². The molecule has 0 aliphatic heterocycles. The number of aliphatic hydroxyl groups excluding tert-OH is 1. The Labute approximate surface area is 131 Å². The molecule has 1 amide bonds. The van der Waals surface area contributed by atoms with E-state index in [-0.39, 0.29) is 18.3 Å². The molecule has 3 rings (SSSR count). The maximum absolute atomic E-state index is 13.0. The van der Waals surface area contributed by atoms with E-state index in [0.29, 0.717) is 22.2 Å². The van der Waals surface area contributed by atoms with Crippen molar-refractivity contribution in [3.8, 4) is 0 Å². The van der Waals surface area contributed by atoms with E-state index in [2.05, 4.69) is 15.3 Å². The minimum absolute atomic E-state index is 0.298. The molecule has 1 aromatic heterocycles. The normalized spacial score (nSPS) is 12.1. The van der Waals surface area contributed by atoms with E-state index in [1.54, 1.807) is 24.4 Å². The predicted octanol–water partition coefficient (Wildman–Crippen LogP) is 2.23. The van der Waals surface area contributed by atoms with Gasteiger partial charge in [-0.1, -0.05) is 18.2 Å². The van der Waals surface area contributed by atoms with Crippen molar-refractivity contribution < 1.29 is 14.3 Å². The quantitative estimate of drug-likeness (QED) is 0.775. The van der Waals surface area contributed by atoms with Crippen molar-refractivity contribution in [2.24, 2.45) is 0 Å². The largest absolute Gasteiger partial charge is 0.394 e. The highest BCUT2D eigenvalue weighted by Crippen LogP contribution is 2.17. The summed E-state index contributed by atoms with van der Waals surface area (Å²) in [6, 6.07) is 10.1. The van der Waals surface area contributed by atoms with Crippen LogP contribution in [0.25, 0.3) is 11.0 Å². The van der Waals surface area contributed by atoms with Gasteiger partial charge in [0.25, 0.3) is 5.91 Å². The number of nitrogens with zero attached hydrogens (tertiary/aromatic N) is 2. The Balaban J connectivity index is 1.88. The lowest BCUT2D eigenvalue weighted by Gasteiger charge is -2.17. The Morgan fingerprint density at radius 3 is 2.61 bits per heavy atom. The SMILES string of the molecule is O=C(NC(CO)c1ccc(F)cc1)c1cccc2nccnc12. The molecule has 1 heterocycles. The number of aromatic nitrogens is 2. The van der Waals surface area contributed by atoms with Gasteiger partial charge in [0.15, 0.2) is 0 Å². The second-order valence-electron chi connectivity index (χ2n) is 4.99. The number of para-hydroxylation sites is 1. The zero-order chi connectivity index (χ0) is 16.2. The first-order valence-electron chi connectivity index (χ1n) is 7.06. The molecule has 0 radical (unpaired) electrons. The second-order valence-corrected chi connectivity index (χ2v) is 4.99. The van der Waals surface area contributed by atoms with Crippen molar-refractivity contribution in [1.29, 1.82) is 0 Å². The number of halogens is 1. The van der Waals surface area contributed by atoms with E-state index >= 15 is 0 Å². The third kappa shape index (κ3) is 3.17. The van der Waals surface area contributed by atoms with Crippen LogP contribution in [-0.2, 0) is 0 Å². The van der Waals surface area contributed by atoms with Gasteiger partial charge in [-0.25, -0.2) is 4.39 Å². The highest BCUT2D eigenvalue weighted by Gasteiger charge is 2.17. The van der Waals surface area contributed by atoms with Gasteiger partial charge in [-0.15, -0.1) is 0 Å². The molecule has 0 saturated heterocycles. The molecule has 3 aromatic rings. The molecule has 23 heavy (non-hydrogen) atoms. The van der Waals surface area contributed by atoms with Gasteiger partial charge in [0, 0.05) is 12.4 Å². The number of benzene rings is 2. The topological polar surface area (TPSA) is 75.1 Å². The number of aliphatic hydroxyl groups is 1. The number of rotatable bonds is 4. The highest BCUT2D eigenvalue weighted by atomic mass is 19.1. The van der Waals surface area contributed by atoms with E-state index in [1.807, 2.05) is 0 Å². The monoisotopic (exact) mass is 311 g/mol. The van der Waals surface area contributed by atoms with Crippen molar-refractivity contribution in [3.63, 3.8) is 0 Å². The van der Waals surface area contributed by atoms with Gasteiger partial charge in [0.2, 0.25) is 0 Å². The number of amides is 1. The Bertz CT molecular complexity index is 831. The summed E-state index contributed by atoms with van der Waals surface area (Å²) < 4.78 is 13.0. The van der Waals surface area contributed by atoms with Crippen LogP contribution in [0, 0.1) is 5.82 Å². The molecule has 0 aliphatic carbocycles. The molecule has 116 valence electrons. The lowest BCUT2D eigenvalue weighted by Crippen LogP contribution is -2.31. The van der Waals surface area contributed by atoms with Crippen molar-refractivity contribution >= 4 is 16.9 Å². The summed E-state index contributed by atoms with van der Waals surface area (Å²) in [5, 5.41) is 12.3. The minimum atomic E-state index is -0.630. The molecule has 2 N–H and O–H groups in total. The Kier molecular flexibility index (Phi) is 4.25. The number of carbonyl (C=O) groups is 1. The third-order valence-electron chi connectivity index (χ3n) is 3.50. The van der Waals surface area contributed by atoms with E-state index in [1.165, 1.54) is 30.5 Å². The average molecular weight is 311 g/mol. The van der Waals surface area contributed by atoms with Crippen LogP contribution in [0.1, 0.15) is 22.0 Å². The lowest BCUT2D eigenvalue weighted by atomic mass is 10.1. The predicted molar refractivity (Wildman–Crippen MR) is 83.2 cm³/mol. The van der Waals surface area contributed by atoms with Gasteiger partial charge in [-0.3, -0.25) is 14.8 Å². The lowest BCUT2D eigenvalue weighted by molar-refractivity contribution is 0.0917. The molecule has 0 bridgehead atoms. The molecule has 1 atom stereocenters. The number of hydrogen-bond donors (Lipinski definition) is 2. The van der Waals surface area contributed by atoms with E-state index in [0.717, 1.165) is 0 Å². The third-order valence-corrected chi connectivity index (χ3v) is 3.50. The second kappa shape index (κ2) is 6.50. The minimum Gasteiger partial charge on any atom is -0.394 e. The molecular formula is C17H14FN3O2. The van der Waals surface area contributed by atoms with Crippen LogP contribution in [0.4, 0.5) is 4.39 Å². The maximum Gasteiger partial charge on any atom is 0.254 e. The number of nitrogens with one attached hydrogen (secondary N) is 1. The molecule has 2 aromatic carbocycles. The van der Waals surface area contributed by atoms with Crippen molar-refractivity contribution in [1.82, 2.24) is 15.3 Å². The van der Waals surface area contributed by atoms with Crippen molar-refractivity contribution in [3.05, 3.63) is 71.8 Å². The number of carbonyl (C=O) groups excluding carboxylic acids is 1. The van der Waals surface area contributed by atoms with Gasteiger partial charge in [0.05, 0.1) is 23.7 Å². The number of fused-ring (bicyclic) bond motifs is 1. The van der Waals surface area contributed by atoms with Crippen molar-refractivity contribution in [2.45, 2.75) is 6.04 Å². The Morgan fingerprint density at radius 2 is 1.87 bits per heavy atom. The standard InChI is InChI=1S/C17H14FN3O2/c18-12-6-4-11(5-7-12)15(10-22)21-17(23)13-2-1-3-14-16(13)20-9-8-19-14/h1-9,15,22H,10H2,(H,21,23). The smallest absolute Gasteiger partial charge is 0.254 e. The van der Waals surface area contributed by atoms with Gasteiger partial charge in [-0.2, -0.15) is 0 Å². The van der Waals surface area contributed by atoms with Crippen molar-refractivity contribution in [2.75, 3.05) is 6.61 Å². The van der Waals surface area contributed by atoms with Crippen LogP contribution in [0.5, 0.6) is 0 Å². The molecule has 0 saturated carbocycles. The zero-order valence-corrected chi connectivity index (χ0v) is 12.1. The van der Waals surface area contributed by atoms with Gasteiger partial charge in [-0.05, 0) is 29.8 Å². The fraction of sp³-hybridized carbons (Fsp3) is 0.118. The molecule has 5 nitrogen and oxygen atoms in total. The van der Waals surface area contributed by atoms with E-state index in [9.17, 15) is 14.3 Å². The average Bonchev–Trinajstić information content (AvgIpc) is 2.60. The van der Waals surface area contributed by atoms with Gasteiger partial charge in [0.1, 0.15) is 11.3 Å². The van der Waals surface area contributed by atoms with Crippen LogP contribution in [0.15, 0.2) is 54.9 Å². The van der Waals surface area contributed by atoms with Crippen LogP contribution >= 0.6 is 0 Å². The summed E-state index contributed by atoms with van der Waals surface area (Å²) in [6.45, 7) is -0.298. The summed E-state index contributed by atoms with van der Waals surface area (Å²) in [5.74, 6) is -0.749. The summed E-state index contributed by atoms with van der Waals surface area (Å²) in [6.07, 6.45) is 3.07. The van der Waals surface area contributed by atoms with Crippen LogP contribution in [0.3, 0.4) is 0 Å². The van der Waals surface area contributed by atoms with Crippen LogP contribution < -0.4 is 5.32 Å². The fourth-order valence-corrected chi connectivity index (χ4v) is 2.34. The molecule has 0 fully saturated rings. The maximum atomic E-state index is 13.0. The molecule has 6 heteroatoms.